The third-order valence-electron chi connectivity index (χ3n) is 5.33. The Morgan fingerprint density at radius 3 is 2.69 bits per heavy atom. The van der Waals surface area contributed by atoms with Gasteiger partial charge in [-0.15, -0.1) is 0 Å². The summed E-state index contributed by atoms with van der Waals surface area (Å²) >= 11 is 0. The molecule has 0 bridgehead atoms. The Labute approximate surface area is 171 Å². The summed E-state index contributed by atoms with van der Waals surface area (Å²) in [4.78, 5) is 21.1. The molecule has 1 saturated heterocycles. The molecule has 1 amide bonds. The van der Waals surface area contributed by atoms with E-state index in [-0.39, 0.29) is 5.91 Å². The van der Waals surface area contributed by atoms with Crippen LogP contribution in [0.3, 0.4) is 0 Å². The van der Waals surface area contributed by atoms with Crippen LogP contribution in [0.1, 0.15) is 31.7 Å². The Morgan fingerprint density at radius 1 is 1.10 bits per heavy atom. The van der Waals surface area contributed by atoms with E-state index in [4.69, 9.17) is 9.47 Å². The maximum absolute atomic E-state index is 11.8. The molecule has 29 heavy (non-hydrogen) atoms. The normalized spacial score (nSPS) is 16.1. The number of ether oxygens (including phenoxy) is 2. The van der Waals surface area contributed by atoms with Crippen molar-refractivity contribution in [2.45, 2.75) is 32.7 Å². The molecule has 1 aromatic carbocycles. The number of amides is 1. The first kappa shape index (κ1) is 19.5. The molecule has 1 aromatic heterocycles. The highest BCUT2D eigenvalue weighted by Gasteiger charge is 2.20. The van der Waals surface area contributed by atoms with Crippen LogP contribution in [0.15, 0.2) is 36.5 Å². The summed E-state index contributed by atoms with van der Waals surface area (Å²) in [5, 5.41) is 2.91. The number of nitrogens with zero attached hydrogens (tertiary/aromatic N) is 3. The molecule has 4 rings (SSSR count). The maximum Gasteiger partial charge on any atom is 0.231 e. The smallest absolute Gasteiger partial charge is 0.231 e. The van der Waals surface area contributed by atoms with Crippen LogP contribution >= 0.6 is 0 Å². The molecule has 0 unspecified atom stereocenters. The van der Waals surface area contributed by atoms with Gasteiger partial charge in [0, 0.05) is 39.1 Å². The van der Waals surface area contributed by atoms with E-state index in [1.165, 1.54) is 5.56 Å². The minimum Gasteiger partial charge on any atom is -0.454 e. The van der Waals surface area contributed by atoms with Crippen molar-refractivity contribution >= 4 is 17.4 Å². The molecular weight excluding hydrogens is 368 g/mol. The van der Waals surface area contributed by atoms with Gasteiger partial charge >= 0.3 is 0 Å². The molecule has 0 saturated carbocycles. The minimum atomic E-state index is 0.0542. The Bertz CT molecular complexity index is 832. The van der Waals surface area contributed by atoms with Gasteiger partial charge in [-0.3, -0.25) is 9.69 Å². The lowest BCUT2D eigenvalue weighted by molar-refractivity contribution is -0.116. The van der Waals surface area contributed by atoms with Crippen LogP contribution in [0, 0.1) is 0 Å². The fraction of sp³-hybridized carbons (Fsp3) is 0.455. The lowest BCUT2D eigenvalue weighted by Gasteiger charge is -2.35. The fourth-order valence-electron chi connectivity index (χ4n) is 3.64. The number of nitrogens with one attached hydrogen (secondary N) is 1. The van der Waals surface area contributed by atoms with E-state index in [1.54, 1.807) is 6.20 Å². The topological polar surface area (TPSA) is 66.9 Å². The number of aromatic nitrogens is 1. The summed E-state index contributed by atoms with van der Waals surface area (Å²) in [6.07, 6.45) is 4.24. The Kier molecular flexibility index (Phi) is 6.14. The van der Waals surface area contributed by atoms with Crippen LogP contribution in [0.2, 0.25) is 0 Å². The van der Waals surface area contributed by atoms with Gasteiger partial charge in [-0.1, -0.05) is 19.4 Å². The predicted molar refractivity (Wildman–Crippen MR) is 112 cm³/mol. The molecule has 0 radical (unpaired) electrons. The molecule has 1 N–H and O–H groups in total. The lowest BCUT2D eigenvalue weighted by Crippen LogP contribution is -2.46. The summed E-state index contributed by atoms with van der Waals surface area (Å²) in [7, 11) is 0. The summed E-state index contributed by atoms with van der Waals surface area (Å²) < 4.78 is 10.9. The van der Waals surface area contributed by atoms with E-state index >= 15 is 0 Å². The van der Waals surface area contributed by atoms with Crippen LogP contribution in [-0.2, 0) is 11.3 Å². The number of pyridine rings is 1. The van der Waals surface area contributed by atoms with E-state index in [2.05, 4.69) is 39.2 Å². The molecule has 2 aromatic rings. The van der Waals surface area contributed by atoms with Gasteiger partial charge in [-0.25, -0.2) is 4.98 Å². The molecule has 0 aliphatic carbocycles. The SMILES string of the molecule is CCCCC(=O)Nc1ccc(N2CCN(Cc3ccc4c(c3)OCO4)CC2)nc1. The average molecular weight is 396 g/mol. The number of hydrogen-bond donors (Lipinski definition) is 1. The van der Waals surface area contributed by atoms with Crippen LogP contribution in [0.4, 0.5) is 11.5 Å². The van der Waals surface area contributed by atoms with Gasteiger partial charge in [0.1, 0.15) is 5.82 Å². The van der Waals surface area contributed by atoms with E-state index in [0.29, 0.717) is 13.2 Å². The molecule has 2 aliphatic heterocycles. The van der Waals surface area contributed by atoms with Gasteiger partial charge in [0.25, 0.3) is 0 Å². The van der Waals surface area contributed by atoms with Gasteiger partial charge in [0.15, 0.2) is 11.5 Å². The van der Waals surface area contributed by atoms with Crippen molar-refractivity contribution < 1.29 is 14.3 Å². The van der Waals surface area contributed by atoms with E-state index in [0.717, 1.165) is 68.6 Å². The number of fused-ring (bicyclic) bond motifs is 1. The first-order valence-electron chi connectivity index (χ1n) is 10.3. The van der Waals surface area contributed by atoms with E-state index in [1.807, 2.05) is 18.2 Å². The highest BCUT2D eigenvalue weighted by atomic mass is 16.7. The fourth-order valence-corrected chi connectivity index (χ4v) is 3.64. The van der Waals surface area contributed by atoms with Crippen molar-refractivity contribution in [2.24, 2.45) is 0 Å². The third kappa shape index (κ3) is 4.98. The number of carbonyl (C=O) groups is 1. The second kappa shape index (κ2) is 9.13. The van der Waals surface area contributed by atoms with Gasteiger partial charge < -0.3 is 19.7 Å². The summed E-state index contributed by atoms with van der Waals surface area (Å²) in [6, 6.07) is 10.1. The molecule has 1 fully saturated rings. The van der Waals surface area contributed by atoms with Crippen molar-refractivity contribution in [1.82, 2.24) is 9.88 Å². The molecule has 0 spiro atoms. The van der Waals surface area contributed by atoms with Crippen LogP contribution in [0.25, 0.3) is 0 Å². The van der Waals surface area contributed by atoms with Gasteiger partial charge in [0.2, 0.25) is 12.7 Å². The van der Waals surface area contributed by atoms with Crippen LogP contribution in [0.5, 0.6) is 11.5 Å². The number of rotatable bonds is 7. The number of piperazine rings is 1. The highest BCUT2D eigenvalue weighted by Crippen LogP contribution is 2.33. The number of unbranched alkanes of at least 4 members (excludes halogenated alkanes) is 1. The van der Waals surface area contributed by atoms with Crippen molar-refractivity contribution in [2.75, 3.05) is 43.2 Å². The average Bonchev–Trinajstić information content (AvgIpc) is 3.21. The molecule has 154 valence electrons. The summed E-state index contributed by atoms with van der Waals surface area (Å²) in [5.74, 6) is 2.68. The molecular formula is C22H28N4O3. The number of hydrogen-bond acceptors (Lipinski definition) is 6. The quantitative estimate of drug-likeness (QED) is 0.775. The van der Waals surface area contributed by atoms with Crippen molar-refractivity contribution in [3.05, 3.63) is 42.1 Å². The standard InChI is InChI=1S/C22H28N4O3/c1-2-3-4-22(27)24-18-6-8-21(23-14-18)26-11-9-25(10-12-26)15-17-5-7-19-20(13-17)29-16-28-19/h5-8,13-14H,2-4,9-12,15-16H2,1H3,(H,24,27). The van der Waals surface area contributed by atoms with Gasteiger partial charge in [0.05, 0.1) is 11.9 Å². The number of anilines is 2. The zero-order chi connectivity index (χ0) is 20.1. The molecule has 3 heterocycles. The van der Waals surface area contributed by atoms with Crippen LogP contribution in [-0.4, -0.2) is 48.8 Å². The third-order valence-corrected chi connectivity index (χ3v) is 5.33. The zero-order valence-corrected chi connectivity index (χ0v) is 16.9. The number of benzene rings is 1. The van der Waals surface area contributed by atoms with Crippen molar-refractivity contribution in [1.29, 1.82) is 0 Å². The minimum absolute atomic E-state index is 0.0542. The largest absolute Gasteiger partial charge is 0.454 e. The molecule has 7 heteroatoms. The lowest BCUT2D eigenvalue weighted by atomic mass is 10.1. The monoisotopic (exact) mass is 396 g/mol. The first-order chi connectivity index (χ1) is 14.2. The van der Waals surface area contributed by atoms with Gasteiger partial charge in [-0.05, 0) is 36.2 Å². The second-order valence-corrected chi connectivity index (χ2v) is 7.51. The summed E-state index contributed by atoms with van der Waals surface area (Å²) in [5.41, 5.74) is 2.00. The predicted octanol–water partition coefficient (Wildman–Crippen LogP) is 3.26. The highest BCUT2D eigenvalue weighted by molar-refractivity contribution is 5.90. The van der Waals surface area contributed by atoms with Crippen LogP contribution < -0.4 is 19.7 Å². The molecule has 2 aliphatic rings. The molecule has 7 nitrogen and oxygen atoms in total. The Morgan fingerprint density at radius 2 is 1.93 bits per heavy atom. The maximum atomic E-state index is 11.8. The van der Waals surface area contributed by atoms with Crippen molar-refractivity contribution in [3.8, 4) is 11.5 Å². The number of carbonyl (C=O) groups excluding carboxylic acids is 1. The van der Waals surface area contributed by atoms with E-state index < -0.39 is 0 Å². The van der Waals surface area contributed by atoms with Gasteiger partial charge in [-0.2, -0.15) is 0 Å². The Balaban J connectivity index is 1.26. The van der Waals surface area contributed by atoms with Crippen molar-refractivity contribution in [3.63, 3.8) is 0 Å². The first-order valence-corrected chi connectivity index (χ1v) is 10.3. The second-order valence-electron chi connectivity index (χ2n) is 7.51. The van der Waals surface area contributed by atoms with E-state index in [9.17, 15) is 4.79 Å². The Hall–Kier alpha value is -2.80. The zero-order valence-electron chi connectivity index (χ0n) is 16.9. The summed E-state index contributed by atoms with van der Waals surface area (Å²) in [6.45, 7) is 7.11. The molecule has 0 atom stereocenters.